The number of carbonyl (C=O) groups excluding carboxylic acids is 1. The minimum atomic E-state index is -1.68. The molecule has 0 radical (unpaired) electrons. The summed E-state index contributed by atoms with van der Waals surface area (Å²) < 4.78 is 20.5. The van der Waals surface area contributed by atoms with Crippen LogP contribution in [0.5, 0.6) is 5.75 Å². The highest BCUT2D eigenvalue weighted by Crippen LogP contribution is 2.34. The van der Waals surface area contributed by atoms with Gasteiger partial charge < -0.3 is 19.5 Å². The minimum Gasteiger partial charge on any atom is -0.507 e. The largest absolute Gasteiger partial charge is 0.507 e. The SMILES string of the molecule is COc1cccc2c1c(C(O)=CC(=O)C(=O)O)cn2Cc1ccc(F)c(Cl)c1. The van der Waals surface area contributed by atoms with Crippen LogP contribution in [0.3, 0.4) is 0 Å². The zero-order valence-electron chi connectivity index (χ0n) is 14.6. The van der Waals surface area contributed by atoms with Crippen LogP contribution >= 0.6 is 11.6 Å². The van der Waals surface area contributed by atoms with Gasteiger partial charge in [-0.05, 0) is 29.8 Å². The quantitative estimate of drug-likeness (QED) is 0.368. The maximum absolute atomic E-state index is 13.4. The van der Waals surface area contributed by atoms with Crippen LogP contribution in [0, 0.1) is 5.82 Å². The predicted molar refractivity (Wildman–Crippen MR) is 102 cm³/mol. The third-order valence-corrected chi connectivity index (χ3v) is 4.47. The fourth-order valence-corrected chi connectivity index (χ4v) is 3.12. The van der Waals surface area contributed by atoms with Crippen molar-refractivity contribution in [2.45, 2.75) is 6.54 Å². The Morgan fingerprint density at radius 3 is 2.64 bits per heavy atom. The highest BCUT2D eigenvalue weighted by Gasteiger charge is 2.18. The summed E-state index contributed by atoms with van der Waals surface area (Å²) >= 11 is 5.84. The first-order valence-electron chi connectivity index (χ1n) is 8.10. The minimum absolute atomic E-state index is 0.0124. The molecule has 0 aliphatic carbocycles. The van der Waals surface area contributed by atoms with Crippen molar-refractivity contribution < 1.29 is 28.9 Å². The number of nitrogens with zero attached hydrogens (tertiary/aromatic N) is 1. The van der Waals surface area contributed by atoms with E-state index in [0.717, 1.165) is 0 Å². The van der Waals surface area contributed by atoms with Crippen LogP contribution in [0.1, 0.15) is 11.1 Å². The molecule has 8 heteroatoms. The van der Waals surface area contributed by atoms with Gasteiger partial charge >= 0.3 is 5.97 Å². The van der Waals surface area contributed by atoms with Crippen LogP contribution < -0.4 is 4.74 Å². The van der Waals surface area contributed by atoms with E-state index in [1.54, 1.807) is 35.0 Å². The smallest absolute Gasteiger partial charge is 0.376 e. The number of carbonyl (C=O) groups is 2. The lowest BCUT2D eigenvalue weighted by atomic mass is 10.1. The number of aliphatic hydroxyl groups excluding tert-OH is 1. The van der Waals surface area contributed by atoms with Crippen molar-refractivity contribution >= 4 is 40.0 Å². The van der Waals surface area contributed by atoms with E-state index in [0.29, 0.717) is 34.8 Å². The number of aliphatic carboxylic acids is 1. The first-order chi connectivity index (χ1) is 13.3. The highest BCUT2D eigenvalue weighted by molar-refractivity contribution is 6.38. The van der Waals surface area contributed by atoms with E-state index in [1.165, 1.54) is 19.2 Å². The standard InChI is InChI=1S/C20H15ClFNO5/c1-28-18-4-2-3-15-19(18)12(16(24)8-17(25)20(26)27)10-23(15)9-11-5-6-14(22)13(21)7-11/h2-8,10,24H,9H2,1H3,(H,26,27). The van der Waals surface area contributed by atoms with Crippen LogP contribution in [0.15, 0.2) is 48.7 Å². The van der Waals surface area contributed by atoms with Crippen molar-refractivity contribution in [3.05, 3.63) is 70.6 Å². The van der Waals surface area contributed by atoms with Crippen molar-refractivity contribution in [2.75, 3.05) is 7.11 Å². The Kier molecular flexibility index (Phi) is 5.37. The second kappa shape index (κ2) is 7.74. The number of carboxylic acids is 1. The molecule has 2 N–H and O–H groups in total. The van der Waals surface area contributed by atoms with Gasteiger partial charge in [0.1, 0.15) is 17.3 Å². The Morgan fingerprint density at radius 1 is 1.25 bits per heavy atom. The number of hydrogen-bond donors (Lipinski definition) is 2. The van der Waals surface area contributed by atoms with Crippen molar-refractivity contribution in [3.63, 3.8) is 0 Å². The molecule has 28 heavy (non-hydrogen) atoms. The third-order valence-electron chi connectivity index (χ3n) is 4.18. The molecule has 0 saturated heterocycles. The molecular weight excluding hydrogens is 389 g/mol. The zero-order chi connectivity index (χ0) is 20.4. The number of benzene rings is 2. The molecule has 1 aromatic heterocycles. The molecule has 0 saturated carbocycles. The monoisotopic (exact) mass is 403 g/mol. The molecule has 0 bridgehead atoms. The first kappa shape index (κ1) is 19.4. The van der Waals surface area contributed by atoms with Crippen LogP contribution in [0.2, 0.25) is 5.02 Å². The van der Waals surface area contributed by atoms with Gasteiger partial charge in [-0.25, -0.2) is 9.18 Å². The number of methoxy groups -OCH3 is 1. The molecule has 0 aliphatic heterocycles. The fraction of sp³-hybridized carbons (Fsp3) is 0.100. The van der Waals surface area contributed by atoms with Crippen LogP contribution in [-0.4, -0.2) is 33.6 Å². The lowest BCUT2D eigenvalue weighted by Gasteiger charge is -2.08. The number of aliphatic hydroxyl groups is 1. The van der Waals surface area contributed by atoms with Gasteiger partial charge in [0.25, 0.3) is 5.78 Å². The van der Waals surface area contributed by atoms with Crippen LogP contribution in [-0.2, 0) is 16.1 Å². The van der Waals surface area contributed by atoms with E-state index in [-0.39, 0.29) is 10.6 Å². The summed E-state index contributed by atoms with van der Waals surface area (Å²) in [6.45, 7) is 0.295. The molecule has 0 aliphatic rings. The predicted octanol–water partition coefficient (Wildman–Crippen LogP) is 4.04. The van der Waals surface area contributed by atoms with Gasteiger partial charge in [-0.15, -0.1) is 0 Å². The normalized spacial score (nSPS) is 11.6. The zero-order valence-corrected chi connectivity index (χ0v) is 15.4. The molecule has 0 unspecified atom stereocenters. The molecule has 6 nitrogen and oxygen atoms in total. The maximum atomic E-state index is 13.4. The maximum Gasteiger partial charge on any atom is 0.376 e. The highest BCUT2D eigenvalue weighted by atomic mass is 35.5. The van der Waals surface area contributed by atoms with E-state index >= 15 is 0 Å². The van der Waals surface area contributed by atoms with Gasteiger partial charge in [-0.3, -0.25) is 4.79 Å². The number of carboxylic acid groups (broad SMARTS) is 1. The second-order valence-corrected chi connectivity index (χ2v) is 6.38. The van der Waals surface area contributed by atoms with Crippen molar-refractivity contribution in [3.8, 4) is 5.75 Å². The summed E-state index contributed by atoms with van der Waals surface area (Å²) in [6.07, 6.45) is 2.20. The van der Waals surface area contributed by atoms with Crippen molar-refractivity contribution in [1.82, 2.24) is 4.57 Å². The number of fused-ring (bicyclic) bond motifs is 1. The first-order valence-corrected chi connectivity index (χ1v) is 8.47. The van der Waals surface area contributed by atoms with Crippen molar-refractivity contribution in [2.24, 2.45) is 0 Å². The molecule has 3 aromatic rings. The summed E-state index contributed by atoms with van der Waals surface area (Å²) in [7, 11) is 1.46. The summed E-state index contributed by atoms with van der Waals surface area (Å²) in [5.74, 6) is -3.52. The van der Waals surface area contributed by atoms with E-state index in [9.17, 15) is 19.1 Å². The number of aromatic nitrogens is 1. The molecule has 3 rings (SSSR count). The second-order valence-electron chi connectivity index (χ2n) is 5.97. The van der Waals surface area contributed by atoms with Crippen LogP contribution in [0.25, 0.3) is 16.7 Å². The van der Waals surface area contributed by atoms with E-state index in [1.807, 2.05) is 0 Å². The lowest BCUT2D eigenvalue weighted by molar-refractivity contribution is -0.146. The van der Waals surface area contributed by atoms with Gasteiger partial charge in [0.2, 0.25) is 0 Å². The van der Waals surface area contributed by atoms with E-state index in [4.69, 9.17) is 21.4 Å². The topological polar surface area (TPSA) is 88.8 Å². The summed E-state index contributed by atoms with van der Waals surface area (Å²) in [5.41, 5.74) is 1.61. The number of ketones is 1. The molecule has 0 spiro atoms. The summed E-state index contributed by atoms with van der Waals surface area (Å²) in [5, 5.41) is 19.6. The van der Waals surface area contributed by atoms with Gasteiger partial charge in [-0.1, -0.05) is 23.7 Å². The van der Waals surface area contributed by atoms with Crippen molar-refractivity contribution in [1.29, 1.82) is 0 Å². The van der Waals surface area contributed by atoms with Gasteiger partial charge in [0.05, 0.1) is 23.0 Å². The molecule has 0 atom stereocenters. The molecule has 1 heterocycles. The number of rotatable bonds is 6. The van der Waals surface area contributed by atoms with Gasteiger partial charge in [-0.2, -0.15) is 0 Å². The number of hydrogen-bond acceptors (Lipinski definition) is 4. The average Bonchev–Trinajstić information content (AvgIpc) is 3.03. The Balaban J connectivity index is 2.15. The molecular formula is C20H15ClFNO5. The fourth-order valence-electron chi connectivity index (χ4n) is 2.91. The summed E-state index contributed by atoms with van der Waals surface area (Å²) in [4.78, 5) is 22.2. The third kappa shape index (κ3) is 3.70. The Morgan fingerprint density at radius 2 is 2.00 bits per heavy atom. The van der Waals surface area contributed by atoms with Crippen LogP contribution in [0.4, 0.5) is 4.39 Å². The van der Waals surface area contributed by atoms with Gasteiger partial charge in [0, 0.05) is 24.4 Å². The molecule has 144 valence electrons. The Labute approximate surface area is 164 Å². The molecule has 0 amide bonds. The average molecular weight is 404 g/mol. The summed E-state index contributed by atoms with van der Waals surface area (Å²) in [6, 6.07) is 9.54. The Hall–Kier alpha value is -3.32. The van der Waals surface area contributed by atoms with Gasteiger partial charge in [0.15, 0.2) is 0 Å². The van der Waals surface area contributed by atoms with E-state index in [2.05, 4.69) is 0 Å². The lowest BCUT2D eigenvalue weighted by Crippen LogP contribution is -2.09. The number of ether oxygens (including phenoxy) is 1. The molecule has 0 fully saturated rings. The Bertz CT molecular complexity index is 1120. The molecule has 2 aromatic carbocycles. The number of halogens is 2. The van der Waals surface area contributed by atoms with E-state index < -0.39 is 23.3 Å².